The first-order valence-corrected chi connectivity index (χ1v) is 8.11. The van der Waals surface area contributed by atoms with Crippen LogP contribution < -0.4 is 0 Å². The van der Waals surface area contributed by atoms with Crippen molar-refractivity contribution in [3.63, 3.8) is 0 Å². The van der Waals surface area contributed by atoms with E-state index in [0.717, 1.165) is 30.9 Å². The van der Waals surface area contributed by atoms with Gasteiger partial charge in [0.25, 0.3) is 5.91 Å². The average Bonchev–Trinajstić information content (AvgIpc) is 3.17. The van der Waals surface area contributed by atoms with Crippen molar-refractivity contribution in [2.24, 2.45) is 7.05 Å². The second-order valence-electron chi connectivity index (χ2n) is 6.17. The molecule has 0 aromatic carbocycles. The normalized spacial score (nSPS) is 19.3. The highest BCUT2D eigenvalue weighted by Crippen LogP contribution is 2.23. The number of aromatic nitrogens is 4. The molecule has 3 rings (SSSR count). The van der Waals surface area contributed by atoms with Crippen LogP contribution >= 0.6 is 0 Å². The highest BCUT2D eigenvalue weighted by molar-refractivity contribution is 5.92. The largest absolute Gasteiger partial charge is 0.337 e. The Balaban J connectivity index is 1.75. The van der Waals surface area contributed by atoms with E-state index >= 15 is 0 Å². The van der Waals surface area contributed by atoms with Crippen LogP contribution in [0.15, 0.2) is 18.5 Å². The summed E-state index contributed by atoms with van der Waals surface area (Å²) in [6.07, 6.45) is 5.69. The smallest absolute Gasteiger partial charge is 0.274 e. The van der Waals surface area contributed by atoms with E-state index in [1.54, 1.807) is 6.20 Å². The van der Waals surface area contributed by atoms with Crippen LogP contribution in [0.2, 0.25) is 0 Å². The number of imidazole rings is 1. The van der Waals surface area contributed by atoms with Gasteiger partial charge in [-0.2, -0.15) is 5.10 Å². The number of aryl methyl sites for hydroxylation is 2. The molecule has 0 unspecified atom stereocenters. The fourth-order valence-corrected chi connectivity index (χ4v) is 3.07. The standard InChI is InChI=1S/C16H24N6O/c1-4-5-12-10-13(19-18-12)16(23)22-9-8-20(2)14(11-22)15-17-6-7-21(15)3/h6-7,10,14H,4-5,8-9,11H2,1-3H3,(H,18,19)/t14-/m1/s1. The minimum atomic E-state index is -0.00378. The molecule has 2 aromatic rings. The summed E-state index contributed by atoms with van der Waals surface area (Å²) in [6, 6.07) is 1.99. The molecule has 23 heavy (non-hydrogen) atoms. The summed E-state index contributed by atoms with van der Waals surface area (Å²) in [7, 11) is 4.07. The summed E-state index contributed by atoms with van der Waals surface area (Å²) in [4.78, 5) is 21.3. The highest BCUT2D eigenvalue weighted by Gasteiger charge is 2.31. The number of hydrogen-bond donors (Lipinski definition) is 1. The van der Waals surface area contributed by atoms with E-state index in [2.05, 4.69) is 34.1 Å². The number of piperazine rings is 1. The molecule has 1 aliphatic rings. The Morgan fingerprint density at radius 3 is 2.91 bits per heavy atom. The Hall–Kier alpha value is -2.15. The third-order valence-electron chi connectivity index (χ3n) is 4.46. The summed E-state index contributed by atoms with van der Waals surface area (Å²) in [5, 5.41) is 7.14. The van der Waals surface area contributed by atoms with E-state index in [-0.39, 0.29) is 11.9 Å². The van der Waals surface area contributed by atoms with Crippen molar-refractivity contribution in [2.45, 2.75) is 25.8 Å². The van der Waals surface area contributed by atoms with Gasteiger partial charge in [-0.1, -0.05) is 13.3 Å². The number of rotatable bonds is 4. The van der Waals surface area contributed by atoms with Gasteiger partial charge in [0.05, 0.1) is 6.04 Å². The molecule has 0 aliphatic carbocycles. The summed E-state index contributed by atoms with van der Waals surface area (Å²) < 4.78 is 2.02. The van der Waals surface area contributed by atoms with Crippen LogP contribution in [0, 0.1) is 0 Å². The van der Waals surface area contributed by atoms with Crippen LogP contribution in [-0.2, 0) is 13.5 Å². The van der Waals surface area contributed by atoms with Gasteiger partial charge in [0.15, 0.2) is 0 Å². The molecule has 1 N–H and O–H groups in total. The van der Waals surface area contributed by atoms with Crippen molar-refractivity contribution >= 4 is 5.91 Å². The lowest BCUT2D eigenvalue weighted by Gasteiger charge is -2.38. The van der Waals surface area contributed by atoms with Gasteiger partial charge in [0.1, 0.15) is 11.5 Å². The Labute approximate surface area is 136 Å². The molecular weight excluding hydrogens is 292 g/mol. The Morgan fingerprint density at radius 2 is 2.22 bits per heavy atom. The number of carbonyl (C=O) groups excluding carboxylic acids is 1. The van der Waals surface area contributed by atoms with Crippen molar-refractivity contribution in [3.05, 3.63) is 35.7 Å². The first-order chi connectivity index (χ1) is 11.1. The van der Waals surface area contributed by atoms with E-state index in [4.69, 9.17) is 0 Å². The van der Waals surface area contributed by atoms with Crippen molar-refractivity contribution in [1.82, 2.24) is 29.5 Å². The number of likely N-dealkylation sites (N-methyl/N-ethyl adjacent to an activating group) is 1. The molecule has 1 atom stereocenters. The zero-order valence-corrected chi connectivity index (χ0v) is 14.0. The predicted molar refractivity (Wildman–Crippen MR) is 87.1 cm³/mol. The topological polar surface area (TPSA) is 70.1 Å². The molecule has 7 heteroatoms. The van der Waals surface area contributed by atoms with Gasteiger partial charge in [-0.05, 0) is 19.5 Å². The molecule has 3 heterocycles. The molecule has 0 bridgehead atoms. The fourth-order valence-electron chi connectivity index (χ4n) is 3.07. The number of nitrogens with zero attached hydrogens (tertiary/aromatic N) is 5. The first-order valence-electron chi connectivity index (χ1n) is 8.11. The van der Waals surface area contributed by atoms with E-state index in [1.165, 1.54) is 0 Å². The molecule has 124 valence electrons. The number of amides is 1. The number of hydrogen-bond acceptors (Lipinski definition) is 4. The van der Waals surface area contributed by atoms with Crippen LogP contribution in [0.25, 0.3) is 0 Å². The first kappa shape index (κ1) is 15.7. The zero-order chi connectivity index (χ0) is 16.4. The zero-order valence-electron chi connectivity index (χ0n) is 14.0. The molecule has 1 saturated heterocycles. The van der Waals surface area contributed by atoms with Gasteiger partial charge in [0.2, 0.25) is 0 Å². The number of aromatic amines is 1. The predicted octanol–water partition coefficient (Wildman–Crippen LogP) is 1.22. The molecule has 0 saturated carbocycles. The Kier molecular flexibility index (Phi) is 4.47. The Bertz CT molecular complexity index is 676. The van der Waals surface area contributed by atoms with Crippen molar-refractivity contribution in [1.29, 1.82) is 0 Å². The van der Waals surface area contributed by atoms with Crippen LogP contribution in [0.1, 0.15) is 41.4 Å². The van der Waals surface area contributed by atoms with Crippen LogP contribution in [-0.4, -0.2) is 62.1 Å². The average molecular weight is 316 g/mol. The molecule has 2 aromatic heterocycles. The van der Waals surface area contributed by atoms with Crippen LogP contribution in [0.5, 0.6) is 0 Å². The molecule has 0 radical (unpaired) electrons. The second-order valence-corrected chi connectivity index (χ2v) is 6.17. The van der Waals surface area contributed by atoms with Gasteiger partial charge in [-0.25, -0.2) is 4.98 Å². The molecule has 1 aliphatic heterocycles. The van der Waals surface area contributed by atoms with Gasteiger partial charge >= 0.3 is 0 Å². The third-order valence-corrected chi connectivity index (χ3v) is 4.46. The summed E-state index contributed by atoms with van der Waals surface area (Å²) in [6.45, 7) is 4.29. The minimum Gasteiger partial charge on any atom is -0.337 e. The van der Waals surface area contributed by atoms with Crippen molar-refractivity contribution < 1.29 is 4.79 Å². The van der Waals surface area contributed by atoms with Crippen molar-refractivity contribution in [3.8, 4) is 0 Å². The SMILES string of the molecule is CCCc1cc(C(=O)N2CCN(C)[C@@H](c3nccn3C)C2)n[nH]1. The number of nitrogens with one attached hydrogen (secondary N) is 1. The fraction of sp³-hybridized carbons (Fsp3) is 0.562. The lowest BCUT2D eigenvalue weighted by Crippen LogP contribution is -2.49. The lowest BCUT2D eigenvalue weighted by atomic mass is 10.1. The summed E-state index contributed by atoms with van der Waals surface area (Å²) in [5.41, 5.74) is 1.53. The molecular formula is C16H24N6O. The maximum atomic E-state index is 12.7. The molecule has 1 amide bonds. The van der Waals surface area contributed by atoms with E-state index < -0.39 is 0 Å². The van der Waals surface area contributed by atoms with Gasteiger partial charge in [-0.3, -0.25) is 14.8 Å². The van der Waals surface area contributed by atoms with E-state index in [1.807, 2.05) is 28.8 Å². The summed E-state index contributed by atoms with van der Waals surface area (Å²) in [5.74, 6) is 0.981. The van der Waals surface area contributed by atoms with Gasteiger partial charge in [-0.15, -0.1) is 0 Å². The Morgan fingerprint density at radius 1 is 1.39 bits per heavy atom. The molecule has 1 fully saturated rings. The summed E-state index contributed by atoms with van der Waals surface area (Å²) >= 11 is 0. The molecule has 0 spiro atoms. The van der Waals surface area contributed by atoms with Crippen LogP contribution in [0.3, 0.4) is 0 Å². The second kappa shape index (κ2) is 6.54. The maximum Gasteiger partial charge on any atom is 0.274 e. The minimum absolute atomic E-state index is 0.00378. The van der Waals surface area contributed by atoms with Crippen molar-refractivity contribution in [2.75, 3.05) is 26.7 Å². The monoisotopic (exact) mass is 316 g/mol. The van der Waals surface area contributed by atoms with Gasteiger partial charge < -0.3 is 9.47 Å². The van der Waals surface area contributed by atoms with Crippen LogP contribution in [0.4, 0.5) is 0 Å². The lowest BCUT2D eigenvalue weighted by molar-refractivity contribution is 0.0523. The number of H-pyrrole nitrogens is 1. The van der Waals surface area contributed by atoms with E-state index in [9.17, 15) is 4.79 Å². The molecule has 7 nitrogen and oxygen atoms in total. The highest BCUT2D eigenvalue weighted by atomic mass is 16.2. The maximum absolute atomic E-state index is 12.7. The quantitative estimate of drug-likeness (QED) is 0.921. The van der Waals surface area contributed by atoms with E-state index in [0.29, 0.717) is 18.8 Å². The van der Waals surface area contributed by atoms with Gasteiger partial charge in [0, 0.05) is 44.8 Å². The third kappa shape index (κ3) is 3.14. The number of carbonyl (C=O) groups is 1.